The first-order valence-corrected chi connectivity index (χ1v) is 9.09. The number of carbonyl (C=O) groups is 1. The highest BCUT2D eigenvalue weighted by Crippen LogP contribution is 2.24. The van der Waals surface area contributed by atoms with Crippen molar-refractivity contribution in [3.05, 3.63) is 77.3 Å². The topological polar surface area (TPSA) is 20.3 Å². The van der Waals surface area contributed by atoms with Crippen molar-refractivity contribution in [3.8, 4) is 0 Å². The Labute approximate surface area is 151 Å². The van der Waals surface area contributed by atoms with Crippen molar-refractivity contribution in [3.63, 3.8) is 0 Å². The number of fused-ring (bicyclic) bond motifs is 1. The molecule has 3 aromatic carbocycles. The standard InChI is InChI=1S/C20H18ClNOS/c1-22(13-17-8-4-5-9-19(17)21)20(23)14-24-18-11-10-15-6-2-3-7-16(15)12-18/h2-12H,13-14H2,1H3. The summed E-state index contributed by atoms with van der Waals surface area (Å²) in [6.07, 6.45) is 0. The average molecular weight is 356 g/mol. The molecular formula is C20H18ClNOS. The summed E-state index contributed by atoms with van der Waals surface area (Å²) in [5, 5.41) is 3.10. The molecule has 4 heteroatoms. The van der Waals surface area contributed by atoms with Gasteiger partial charge in [0, 0.05) is 23.5 Å². The SMILES string of the molecule is CN(Cc1ccccc1Cl)C(=O)CSc1ccc2ccccc2c1. The van der Waals surface area contributed by atoms with Gasteiger partial charge in [0.2, 0.25) is 5.91 Å². The van der Waals surface area contributed by atoms with Crippen LogP contribution in [-0.4, -0.2) is 23.6 Å². The third-order valence-corrected chi connectivity index (χ3v) is 5.22. The summed E-state index contributed by atoms with van der Waals surface area (Å²) in [5.74, 6) is 0.507. The zero-order valence-electron chi connectivity index (χ0n) is 13.4. The van der Waals surface area contributed by atoms with E-state index < -0.39 is 0 Å². The number of nitrogens with zero attached hydrogens (tertiary/aromatic N) is 1. The second kappa shape index (κ2) is 7.73. The maximum Gasteiger partial charge on any atom is 0.232 e. The molecule has 0 saturated heterocycles. The predicted octanol–water partition coefficient (Wildman–Crippen LogP) is 5.24. The minimum atomic E-state index is 0.0908. The number of halogens is 1. The lowest BCUT2D eigenvalue weighted by Gasteiger charge is -2.18. The first-order chi connectivity index (χ1) is 11.6. The van der Waals surface area contributed by atoms with Crippen LogP contribution in [0.25, 0.3) is 10.8 Å². The van der Waals surface area contributed by atoms with Crippen LogP contribution < -0.4 is 0 Å². The summed E-state index contributed by atoms with van der Waals surface area (Å²) in [7, 11) is 1.81. The van der Waals surface area contributed by atoms with E-state index in [0.29, 0.717) is 17.3 Å². The van der Waals surface area contributed by atoms with Crippen molar-refractivity contribution in [1.29, 1.82) is 0 Å². The van der Waals surface area contributed by atoms with Gasteiger partial charge in [-0.15, -0.1) is 11.8 Å². The molecule has 0 fully saturated rings. The van der Waals surface area contributed by atoms with Crippen LogP contribution in [0, 0.1) is 0 Å². The van der Waals surface area contributed by atoms with E-state index in [4.69, 9.17) is 11.6 Å². The van der Waals surface area contributed by atoms with Crippen LogP contribution in [-0.2, 0) is 11.3 Å². The summed E-state index contributed by atoms with van der Waals surface area (Å²) in [6.45, 7) is 0.525. The highest BCUT2D eigenvalue weighted by Gasteiger charge is 2.11. The van der Waals surface area contributed by atoms with Crippen LogP contribution in [0.4, 0.5) is 0 Å². The summed E-state index contributed by atoms with van der Waals surface area (Å²) in [5.41, 5.74) is 0.964. The normalized spacial score (nSPS) is 10.8. The van der Waals surface area contributed by atoms with Gasteiger partial charge in [0.1, 0.15) is 0 Å². The van der Waals surface area contributed by atoms with Crippen LogP contribution in [0.15, 0.2) is 71.6 Å². The molecule has 0 radical (unpaired) electrons. The van der Waals surface area contributed by atoms with E-state index >= 15 is 0 Å². The third kappa shape index (κ3) is 4.11. The summed E-state index contributed by atoms with van der Waals surface area (Å²) < 4.78 is 0. The highest BCUT2D eigenvalue weighted by atomic mass is 35.5. The van der Waals surface area contributed by atoms with Gasteiger partial charge in [-0.2, -0.15) is 0 Å². The van der Waals surface area contributed by atoms with E-state index in [1.165, 1.54) is 10.8 Å². The monoisotopic (exact) mass is 355 g/mol. The largest absolute Gasteiger partial charge is 0.341 e. The quantitative estimate of drug-likeness (QED) is 0.583. The molecule has 3 aromatic rings. The molecule has 2 nitrogen and oxygen atoms in total. The second-order valence-electron chi connectivity index (χ2n) is 5.64. The van der Waals surface area contributed by atoms with E-state index in [0.717, 1.165) is 10.5 Å². The average Bonchev–Trinajstić information content (AvgIpc) is 2.61. The summed E-state index contributed by atoms with van der Waals surface area (Å²) >= 11 is 7.72. The lowest BCUT2D eigenvalue weighted by atomic mass is 10.1. The molecule has 0 unspecified atom stereocenters. The van der Waals surface area contributed by atoms with Crippen LogP contribution in [0.1, 0.15) is 5.56 Å². The van der Waals surface area contributed by atoms with Gasteiger partial charge in [0.05, 0.1) is 5.75 Å². The molecule has 0 bridgehead atoms. The third-order valence-electron chi connectivity index (χ3n) is 3.87. The van der Waals surface area contributed by atoms with Gasteiger partial charge < -0.3 is 4.90 Å². The van der Waals surface area contributed by atoms with Gasteiger partial charge in [0.15, 0.2) is 0 Å². The fraction of sp³-hybridized carbons (Fsp3) is 0.150. The Morgan fingerprint density at radius 2 is 1.71 bits per heavy atom. The van der Waals surface area contributed by atoms with Gasteiger partial charge >= 0.3 is 0 Å². The minimum Gasteiger partial charge on any atom is -0.341 e. The molecule has 0 spiro atoms. The van der Waals surface area contributed by atoms with Gasteiger partial charge in [-0.05, 0) is 34.5 Å². The molecule has 0 aliphatic carbocycles. The van der Waals surface area contributed by atoms with Crippen molar-refractivity contribution in [2.24, 2.45) is 0 Å². The molecule has 0 saturated carbocycles. The molecular weight excluding hydrogens is 338 g/mol. The number of rotatable bonds is 5. The molecule has 24 heavy (non-hydrogen) atoms. The number of thioether (sulfide) groups is 1. The first-order valence-electron chi connectivity index (χ1n) is 7.72. The fourth-order valence-corrected chi connectivity index (χ4v) is 3.56. The Balaban J connectivity index is 1.60. The molecule has 0 N–H and O–H groups in total. The Hall–Kier alpha value is -1.97. The molecule has 0 heterocycles. The number of amides is 1. The number of benzene rings is 3. The van der Waals surface area contributed by atoms with E-state index in [9.17, 15) is 4.79 Å². The number of carbonyl (C=O) groups excluding carboxylic acids is 1. The Bertz CT molecular complexity index is 865. The van der Waals surface area contributed by atoms with Crippen molar-refractivity contribution in [2.45, 2.75) is 11.4 Å². The summed E-state index contributed by atoms with van der Waals surface area (Å²) in [4.78, 5) is 15.2. The van der Waals surface area contributed by atoms with Crippen molar-refractivity contribution in [2.75, 3.05) is 12.8 Å². The molecule has 0 aliphatic heterocycles. The summed E-state index contributed by atoms with van der Waals surface area (Å²) in [6, 6.07) is 22.1. The smallest absolute Gasteiger partial charge is 0.232 e. The fourth-order valence-electron chi connectivity index (χ4n) is 2.48. The molecule has 0 aliphatic rings. The molecule has 1 amide bonds. The first kappa shape index (κ1) is 16.9. The Morgan fingerprint density at radius 1 is 1.00 bits per heavy atom. The number of hydrogen-bond donors (Lipinski definition) is 0. The van der Waals surface area contributed by atoms with Crippen LogP contribution in [0.5, 0.6) is 0 Å². The Morgan fingerprint density at radius 3 is 2.50 bits per heavy atom. The Kier molecular flexibility index (Phi) is 5.44. The van der Waals surface area contributed by atoms with E-state index in [1.807, 2.05) is 43.4 Å². The highest BCUT2D eigenvalue weighted by molar-refractivity contribution is 8.00. The van der Waals surface area contributed by atoms with Gasteiger partial charge in [-0.3, -0.25) is 4.79 Å². The zero-order chi connectivity index (χ0) is 16.9. The minimum absolute atomic E-state index is 0.0908. The van der Waals surface area contributed by atoms with Crippen molar-refractivity contribution < 1.29 is 4.79 Å². The molecule has 0 aromatic heterocycles. The van der Waals surface area contributed by atoms with E-state index in [2.05, 4.69) is 30.3 Å². The van der Waals surface area contributed by atoms with Crippen molar-refractivity contribution in [1.82, 2.24) is 4.90 Å². The van der Waals surface area contributed by atoms with Crippen molar-refractivity contribution >= 4 is 40.0 Å². The lowest BCUT2D eigenvalue weighted by Crippen LogP contribution is -2.27. The van der Waals surface area contributed by atoms with Crippen LogP contribution >= 0.6 is 23.4 Å². The number of hydrogen-bond acceptors (Lipinski definition) is 2. The van der Waals surface area contributed by atoms with Gasteiger partial charge in [0.25, 0.3) is 0 Å². The predicted molar refractivity (Wildman–Crippen MR) is 103 cm³/mol. The van der Waals surface area contributed by atoms with Crippen LogP contribution in [0.2, 0.25) is 5.02 Å². The molecule has 122 valence electrons. The zero-order valence-corrected chi connectivity index (χ0v) is 15.0. The van der Waals surface area contributed by atoms with Gasteiger partial charge in [-0.1, -0.05) is 60.1 Å². The lowest BCUT2D eigenvalue weighted by molar-refractivity contribution is -0.127. The maximum atomic E-state index is 12.4. The van der Waals surface area contributed by atoms with Crippen LogP contribution in [0.3, 0.4) is 0 Å². The molecule has 0 atom stereocenters. The van der Waals surface area contributed by atoms with E-state index in [1.54, 1.807) is 16.7 Å². The van der Waals surface area contributed by atoms with E-state index in [-0.39, 0.29) is 5.91 Å². The second-order valence-corrected chi connectivity index (χ2v) is 7.09. The van der Waals surface area contributed by atoms with Gasteiger partial charge in [-0.25, -0.2) is 0 Å². The maximum absolute atomic E-state index is 12.4. The molecule has 3 rings (SSSR count).